The number of phenols is 2. The van der Waals surface area contributed by atoms with Crippen LogP contribution in [0.5, 0.6) is 11.5 Å². The highest BCUT2D eigenvalue weighted by Crippen LogP contribution is 2.40. The summed E-state index contributed by atoms with van der Waals surface area (Å²) in [7, 11) is 0. The van der Waals surface area contributed by atoms with E-state index in [9.17, 15) is 19.8 Å². The van der Waals surface area contributed by atoms with Crippen LogP contribution in [-0.4, -0.2) is 28.2 Å². The van der Waals surface area contributed by atoms with Crippen LogP contribution in [0.25, 0.3) is 10.8 Å². The first-order valence-electron chi connectivity index (χ1n) is 7.90. The number of rotatable bonds is 3. The molecule has 0 aliphatic heterocycles. The Morgan fingerprint density at radius 1 is 0.929 bits per heavy atom. The van der Waals surface area contributed by atoms with Crippen LogP contribution < -0.4 is 10.7 Å². The molecule has 0 aromatic heterocycles. The van der Waals surface area contributed by atoms with Crippen LogP contribution in [0.2, 0.25) is 0 Å². The average Bonchev–Trinajstić information content (AvgIpc) is 2.69. The van der Waals surface area contributed by atoms with E-state index in [-0.39, 0.29) is 21.5 Å². The smallest absolute Gasteiger partial charge is 0.329 e. The fraction of sp³-hybridized carbons (Fsp3) is 0. The number of hydrogen-bond donors (Lipinski definition) is 4. The number of hydrazone groups is 1. The zero-order valence-corrected chi connectivity index (χ0v) is 17.3. The van der Waals surface area contributed by atoms with Crippen LogP contribution in [0.15, 0.2) is 62.6 Å². The van der Waals surface area contributed by atoms with E-state index in [1.165, 1.54) is 6.07 Å². The van der Waals surface area contributed by atoms with Crippen LogP contribution in [0.3, 0.4) is 0 Å². The van der Waals surface area contributed by atoms with Crippen LogP contribution in [0.1, 0.15) is 5.56 Å². The predicted molar refractivity (Wildman–Crippen MR) is 113 cm³/mol. The molecule has 3 aromatic rings. The first-order chi connectivity index (χ1) is 13.4. The van der Waals surface area contributed by atoms with E-state index in [4.69, 9.17) is 0 Å². The zero-order valence-electron chi connectivity index (χ0n) is 14.1. The summed E-state index contributed by atoms with van der Waals surface area (Å²) in [6, 6.07) is 14.3. The number of fused-ring (bicyclic) bond motifs is 1. The number of carbonyl (C=O) groups is 2. The minimum atomic E-state index is -0.971. The zero-order chi connectivity index (χ0) is 20.3. The Morgan fingerprint density at radius 3 is 2.39 bits per heavy atom. The van der Waals surface area contributed by atoms with Crippen LogP contribution in [-0.2, 0) is 9.59 Å². The van der Waals surface area contributed by atoms with Crippen molar-refractivity contribution in [1.82, 2.24) is 5.43 Å². The summed E-state index contributed by atoms with van der Waals surface area (Å²) < 4.78 is 0.391. The van der Waals surface area contributed by atoms with E-state index >= 15 is 0 Å². The Bertz CT molecular complexity index is 1120. The number of nitrogens with one attached hydrogen (secondary N) is 2. The molecule has 0 saturated carbocycles. The highest BCUT2D eigenvalue weighted by molar-refractivity contribution is 9.11. The van der Waals surface area contributed by atoms with E-state index in [0.717, 1.165) is 17.0 Å². The Balaban J connectivity index is 1.66. The summed E-state index contributed by atoms with van der Waals surface area (Å²) in [6.07, 6.45) is 1.14. The SMILES string of the molecule is O=C(N/N=C/c1cc(Br)c(O)c(Br)c1O)C(=O)Nc1ccc2ccccc2c1. The molecule has 0 aliphatic rings. The molecule has 0 radical (unpaired) electrons. The minimum absolute atomic E-state index is 0.0729. The highest BCUT2D eigenvalue weighted by atomic mass is 79.9. The van der Waals surface area contributed by atoms with Gasteiger partial charge < -0.3 is 15.5 Å². The molecule has 0 saturated heterocycles. The monoisotopic (exact) mass is 505 g/mol. The topological polar surface area (TPSA) is 111 Å². The standard InChI is InChI=1S/C19H13Br2N3O4/c20-14-8-12(16(25)15(21)17(14)26)9-22-24-19(28)18(27)23-13-6-5-10-3-1-2-4-11(10)7-13/h1-9,25-26H,(H,23,27)(H,24,28)/b22-9+. The van der Waals surface area contributed by atoms with Crippen molar-refractivity contribution in [2.45, 2.75) is 0 Å². The lowest BCUT2D eigenvalue weighted by molar-refractivity contribution is -0.136. The fourth-order valence-electron chi connectivity index (χ4n) is 2.38. The Kier molecular flexibility index (Phi) is 5.96. The molecule has 142 valence electrons. The molecule has 4 N–H and O–H groups in total. The number of phenolic OH excluding ortho intramolecular Hbond substituents is 2. The van der Waals surface area contributed by atoms with Gasteiger partial charge in [0.2, 0.25) is 0 Å². The minimum Gasteiger partial charge on any atom is -0.506 e. The summed E-state index contributed by atoms with van der Waals surface area (Å²) in [5.41, 5.74) is 2.78. The second-order valence-corrected chi connectivity index (χ2v) is 7.32. The quantitative estimate of drug-likeness (QED) is 0.245. The van der Waals surface area contributed by atoms with Gasteiger partial charge in [-0.25, -0.2) is 5.43 Å². The van der Waals surface area contributed by atoms with Crippen molar-refractivity contribution in [2.75, 3.05) is 5.32 Å². The van der Waals surface area contributed by atoms with E-state index in [1.807, 2.05) is 30.3 Å². The average molecular weight is 507 g/mol. The second kappa shape index (κ2) is 8.41. The van der Waals surface area contributed by atoms with Crippen molar-refractivity contribution in [3.8, 4) is 11.5 Å². The highest BCUT2D eigenvalue weighted by Gasteiger charge is 2.15. The van der Waals surface area contributed by atoms with E-state index in [1.54, 1.807) is 12.1 Å². The van der Waals surface area contributed by atoms with Gasteiger partial charge >= 0.3 is 11.8 Å². The number of benzene rings is 3. The summed E-state index contributed by atoms with van der Waals surface area (Å²) in [6.45, 7) is 0. The van der Waals surface area contributed by atoms with Crippen molar-refractivity contribution in [3.05, 3.63) is 63.0 Å². The third-order valence-electron chi connectivity index (χ3n) is 3.78. The van der Waals surface area contributed by atoms with E-state index in [2.05, 4.69) is 47.7 Å². The van der Waals surface area contributed by atoms with Gasteiger partial charge in [-0.3, -0.25) is 9.59 Å². The predicted octanol–water partition coefficient (Wildman–Crippen LogP) is 3.86. The lowest BCUT2D eigenvalue weighted by Gasteiger charge is -2.07. The van der Waals surface area contributed by atoms with Crippen molar-refractivity contribution < 1.29 is 19.8 Å². The van der Waals surface area contributed by atoms with Crippen LogP contribution in [0, 0.1) is 0 Å². The molecule has 9 heteroatoms. The Hall–Kier alpha value is -2.91. The van der Waals surface area contributed by atoms with Gasteiger partial charge in [0, 0.05) is 11.3 Å². The second-order valence-electron chi connectivity index (χ2n) is 5.67. The van der Waals surface area contributed by atoms with Gasteiger partial charge in [-0.05, 0) is 60.8 Å². The third kappa shape index (κ3) is 4.32. The number of anilines is 1. The van der Waals surface area contributed by atoms with Gasteiger partial charge in [-0.1, -0.05) is 30.3 Å². The summed E-state index contributed by atoms with van der Waals surface area (Å²) in [5.74, 6) is -2.29. The largest absolute Gasteiger partial charge is 0.506 e. The molecule has 0 heterocycles. The van der Waals surface area contributed by atoms with Crippen molar-refractivity contribution in [2.24, 2.45) is 5.10 Å². The number of aromatic hydroxyl groups is 2. The molecule has 3 aromatic carbocycles. The third-order valence-corrected chi connectivity index (χ3v) is 5.14. The first-order valence-corrected chi connectivity index (χ1v) is 9.48. The normalized spacial score (nSPS) is 10.9. The Morgan fingerprint density at radius 2 is 1.64 bits per heavy atom. The van der Waals surface area contributed by atoms with Gasteiger partial charge in [0.05, 0.1) is 10.7 Å². The molecule has 0 fully saturated rings. The summed E-state index contributed by atoms with van der Waals surface area (Å²) in [5, 5.41) is 27.7. The van der Waals surface area contributed by atoms with E-state index < -0.39 is 11.8 Å². The first kappa shape index (κ1) is 19.8. The molecule has 0 spiro atoms. The van der Waals surface area contributed by atoms with Crippen molar-refractivity contribution in [3.63, 3.8) is 0 Å². The van der Waals surface area contributed by atoms with Crippen LogP contribution >= 0.6 is 31.9 Å². The molecule has 2 amide bonds. The molecule has 3 rings (SSSR count). The molecule has 0 atom stereocenters. The van der Waals surface area contributed by atoms with Gasteiger partial charge in [0.25, 0.3) is 0 Å². The van der Waals surface area contributed by atoms with E-state index in [0.29, 0.717) is 10.2 Å². The Labute approximate surface area is 176 Å². The van der Waals surface area contributed by atoms with Crippen molar-refractivity contribution >= 4 is 66.3 Å². The van der Waals surface area contributed by atoms with Gasteiger partial charge in [0.1, 0.15) is 16.0 Å². The fourth-order valence-corrected chi connectivity index (χ4v) is 3.53. The maximum atomic E-state index is 12.0. The maximum absolute atomic E-state index is 12.0. The number of amides is 2. The molecule has 7 nitrogen and oxygen atoms in total. The maximum Gasteiger partial charge on any atom is 0.329 e. The van der Waals surface area contributed by atoms with Gasteiger partial charge in [-0.2, -0.15) is 5.10 Å². The molecule has 28 heavy (non-hydrogen) atoms. The number of hydrogen-bond acceptors (Lipinski definition) is 5. The van der Waals surface area contributed by atoms with Gasteiger partial charge in [-0.15, -0.1) is 0 Å². The number of halogens is 2. The molecule has 0 bridgehead atoms. The summed E-state index contributed by atoms with van der Waals surface area (Å²) >= 11 is 6.16. The van der Waals surface area contributed by atoms with Crippen LogP contribution in [0.4, 0.5) is 5.69 Å². The summed E-state index contributed by atoms with van der Waals surface area (Å²) in [4.78, 5) is 23.9. The molecular weight excluding hydrogens is 494 g/mol. The molecule has 0 aliphatic carbocycles. The lowest BCUT2D eigenvalue weighted by Crippen LogP contribution is -2.32. The van der Waals surface area contributed by atoms with Crippen molar-refractivity contribution in [1.29, 1.82) is 0 Å². The lowest BCUT2D eigenvalue weighted by atomic mass is 10.1. The van der Waals surface area contributed by atoms with Gasteiger partial charge in [0.15, 0.2) is 0 Å². The number of nitrogens with zero attached hydrogens (tertiary/aromatic N) is 1. The number of carbonyl (C=O) groups excluding carboxylic acids is 2. The molecular formula is C19H13Br2N3O4. The molecule has 0 unspecified atom stereocenters.